The fraction of sp³-hybridized carbons (Fsp3) is 0.267. The van der Waals surface area contributed by atoms with Gasteiger partial charge in [-0.15, -0.1) is 0 Å². The summed E-state index contributed by atoms with van der Waals surface area (Å²) in [6.45, 7) is 3.91. The van der Waals surface area contributed by atoms with Gasteiger partial charge in [0.25, 0.3) is 11.7 Å². The molecular formula is C30H32N2O5. The molecule has 0 radical (unpaired) electrons. The summed E-state index contributed by atoms with van der Waals surface area (Å²) < 4.78 is 10.7. The van der Waals surface area contributed by atoms with Gasteiger partial charge in [-0.1, -0.05) is 24.3 Å². The van der Waals surface area contributed by atoms with Crippen molar-refractivity contribution in [1.29, 1.82) is 0 Å². The van der Waals surface area contributed by atoms with Crippen molar-refractivity contribution >= 4 is 23.1 Å². The third kappa shape index (κ3) is 4.89. The molecular weight excluding hydrogens is 468 g/mol. The quantitative estimate of drug-likeness (QED) is 0.279. The Morgan fingerprint density at radius 2 is 1.57 bits per heavy atom. The van der Waals surface area contributed by atoms with Crippen LogP contribution in [0.1, 0.15) is 33.9 Å². The van der Waals surface area contributed by atoms with Gasteiger partial charge in [0.15, 0.2) is 0 Å². The van der Waals surface area contributed by atoms with Crippen LogP contribution >= 0.6 is 0 Å². The molecule has 3 aromatic carbocycles. The van der Waals surface area contributed by atoms with E-state index in [9.17, 15) is 14.7 Å². The predicted octanol–water partition coefficient (Wildman–Crippen LogP) is 5.01. The number of aliphatic hydroxyl groups excluding tert-OH is 1. The largest absolute Gasteiger partial charge is 0.507 e. The number of rotatable bonds is 7. The molecule has 37 heavy (non-hydrogen) atoms. The lowest BCUT2D eigenvalue weighted by molar-refractivity contribution is -0.140. The second-order valence-electron chi connectivity index (χ2n) is 9.40. The zero-order chi connectivity index (χ0) is 26.9. The number of aryl methyl sites for hydroxylation is 2. The molecule has 0 aliphatic carbocycles. The number of hydrogen-bond acceptors (Lipinski definition) is 6. The van der Waals surface area contributed by atoms with Gasteiger partial charge in [-0.3, -0.25) is 9.59 Å². The molecule has 1 unspecified atom stereocenters. The van der Waals surface area contributed by atoms with Gasteiger partial charge in [-0.2, -0.15) is 0 Å². The van der Waals surface area contributed by atoms with Gasteiger partial charge in [0.1, 0.15) is 17.3 Å². The maximum atomic E-state index is 13.4. The summed E-state index contributed by atoms with van der Waals surface area (Å²) in [5, 5.41) is 11.5. The van der Waals surface area contributed by atoms with Gasteiger partial charge in [0.05, 0.1) is 25.8 Å². The lowest BCUT2D eigenvalue weighted by atomic mass is 9.93. The van der Waals surface area contributed by atoms with Crippen molar-refractivity contribution in [2.75, 3.05) is 33.2 Å². The Balaban J connectivity index is 1.87. The molecule has 1 atom stereocenters. The third-order valence-electron chi connectivity index (χ3n) is 6.77. The van der Waals surface area contributed by atoms with E-state index in [1.54, 1.807) is 20.3 Å². The Morgan fingerprint density at radius 1 is 0.919 bits per heavy atom. The average molecular weight is 501 g/mol. The van der Waals surface area contributed by atoms with E-state index in [-0.39, 0.29) is 17.9 Å². The topological polar surface area (TPSA) is 79.3 Å². The molecule has 1 fully saturated rings. The van der Waals surface area contributed by atoms with Crippen molar-refractivity contribution in [3.63, 3.8) is 0 Å². The van der Waals surface area contributed by atoms with Crippen molar-refractivity contribution in [3.8, 4) is 11.5 Å². The number of ketones is 1. The molecule has 0 bridgehead atoms. The Kier molecular flexibility index (Phi) is 7.25. The monoisotopic (exact) mass is 500 g/mol. The number of hydrogen-bond donors (Lipinski definition) is 1. The van der Waals surface area contributed by atoms with Crippen LogP contribution < -0.4 is 14.4 Å². The van der Waals surface area contributed by atoms with Gasteiger partial charge in [-0.05, 0) is 72.5 Å². The second kappa shape index (κ2) is 10.4. The Bertz CT molecular complexity index is 1360. The van der Waals surface area contributed by atoms with Gasteiger partial charge in [-0.25, -0.2) is 0 Å². The van der Waals surface area contributed by atoms with E-state index in [4.69, 9.17) is 9.47 Å². The van der Waals surface area contributed by atoms with Crippen molar-refractivity contribution in [2.24, 2.45) is 0 Å². The summed E-state index contributed by atoms with van der Waals surface area (Å²) in [7, 11) is 7.07. The lowest BCUT2D eigenvalue weighted by Crippen LogP contribution is -2.29. The standard InChI is InChI=1S/C30H32N2O5/c1-18-16-25(37-6)19(2)15-24(18)28(33)26-27(21-9-11-22(12-10-21)31(3)4)32(30(35)29(26)34)17-20-7-13-23(36-5)14-8-20/h7-16,27,33H,17H2,1-6H3/b28-26+. The number of methoxy groups -OCH3 is 2. The van der Waals surface area contributed by atoms with Crippen molar-refractivity contribution in [1.82, 2.24) is 4.90 Å². The highest BCUT2D eigenvalue weighted by Gasteiger charge is 2.46. The maximum absolute atomic E-state index is 13.4. The number of carbonyl (C=O) groups excluding carboxylic acids is 2. The molecule has 1 aliphatic rings. The zero-order valence-corrected chi connectivity index (χ0v) is 22.0. The van der Waals surface area contributed by atoms with E-state index in [1.165, 1.54) is 4.90 Å². The SMILES string of the molecule is COc1ccc(CN2C(=O)C(=O)/C(=C(/O)c3cc(C)c(OC)cc3C)C2c2ccc(N(C)C)cc2)cc1. The summed E-state index contributed by atoms with van der Waals surface area (Å²) in [6.07, 6.45) is 0. The number of benzene rings is 3. The first-order chi connectivity index (χ1) is 17.7. The van der Waals surface area contributed by atoms with Gasteiger partial charge < -0.3 is 24.4 Å². The minimum Gasteiger partial charge on any atom is -0.507 e. The molecule has 0 spiro atoms. The summed E-state index contributed by atoms with van der Waals surface area (Å²) in [5.41, 5.74) is 4.69. The van der Waals surface area contributed by atoms with Gasteiger partial charge in [0.2, 0.25) is 0 Å². The molecule has 3 aromatic rings. The number of anilines is 1. The maximum Gasteiger partial charge on any atom is 0.295 e. The molecule has 1 aliphatic heterocycles. The van der Waals surface area contributed by atoms with Crippen LogP contribution in [-0.2, 0) is 16.1 Å². The number of aliphatic hydroxyl groups is 1. The normalized spacial score (nSPS) is 16.7. The highest BCUT2D eigenvalue weighted by Crippen LogP contribution is 2.41. The van der Waals surface area contributed by atoms with Crippen LogP contribution in [-0.4, -0.2) is 50.0 Å². The van der Waals surface area contributed by atoms with Crippen LogP contribution in [0.3, 0.4) is 0 Å². The Morgan fingerprint density at radius 3 is 2.14 bits per heavy atom. The fourth-order valence-electron chi connectivity index (χ4n) is 4.68. The number of carbonyl (C=O) groups is 2. The predicted molar refractivity (Wildman–Crippen MR) is 144 cm³/mol. The molecule has 0 saturated carbocycles. The van der Waals surface area contributed by atoms with Crippen LogP contribution in [0.4, 0.5) is 5.69 Å². The van der Waals surface area contributed by atoms with Gasteiger partial charge in [0, 0.05) is 31.9 Å². The molecule has 1 N–H and O–H groups in total. The Hall–Kier alpha value is -4.26. The summed E-state index contributed by atoms with van der Waals surface area (Å²) >= 11 is 0. The van der Waals surface area contributed by atoms with Gasteiger partial charge >= 0.3 is 0 Å². The van der Waals surface area contributed by atoms with E-state index < -0.39 is 17.7 Å². The highest BCUT2D eigenvalue weighted by atomic mass is 16.5. The molecule has 1 amide bonds. The van der Waals surface area contributed by atoms with Crippen molar-refractivity contribution in [3.05, 3.63) is 94.1 Å². The number of ether oxygens (including phenoxy) is 2. The van der Waals surface area contributed by atoms with E-state index in [2.05, 4.69) is 0 Å². The zero-order valence-electron chi connectivity index (χ0n) is 22.0. The first kappa shape index (κ1) is 25.8. The second-order valence-corrected chi connectivity index (χ2v) is 9.40. The average Bonchev–Trinajstić information content (AvgIpc) is 3.14. The number of Topliss-reactive ketones (excluding diaryl/α,β-unsaturated/α-hetero) is 1. The lowest BCUT2D eigenvalue weighted by Gasteiger charge is -2.26. The van der Waals surface area contributed by atoms with Crippen LogP contribution in [0.2, 0.25) is 0 Å². The minimum atomic E-state index is -0.750. The summed E-state index contributed by atoms with van der Waals surface area (Å²) in [4.78, 5) is 30.3. The first-order valence-electron chi connectivity index (χ1n) is 12.0. The first-order valence-corrected chi connectivity index (χ1v) is 12.0. The number of amides is 1. The molecule has 192 valence electrons. The van der Waals surface area contributed by atoms with E-state index in [1.807, 2.05) is 87.4 Å². The fourth-order valence-corrected chi connectivity index (χ4v) is 4.68. The van der Waals surface area contributed by atoms with Crippen LogP contribution in [0.15, 0.2) is 66.2 Å². The summed E-state index contributed by atoms with van der Waals surface area (Å²) in [6, 6.07) is 17.9. The molecule has 1 heterocycles. The van der Waals surface area contributed by atoms with Crippen molar-refractivity contribution in [2.45, 2.75) is 26.4 Å². The van der Waals surface area contributed by atoms with Crippen LogP contribution in [0.25, 0.3) is 5.76 Å². The Labute approximate surface area is 217 Å². The minimum absolute atomic E-state index is 0.0729. The van der Waals surface area contributed by atoms with E-state index in [0.29, 0.717) is 17.1 Å². The van der Waals surface area contributed by atoms with Crippen molar-refractivity contribution < 1.29 is 24.2 Å². The van der Waals surface area contributed by atoms with Crippen LogP contribution in [0, 0.1) is 13.8 Å². The molecule has 1 saturated heterocycles. The van der Waals surface area contributed by atoms with E-state index >= 15 is 0 Å². The molecule has 4 rings (SSSR count). The molecule has 7 heteroatoms. The highest BCUT2D eigenvalue weighted by molar-refractivity contribution is 6.46. The van der Waals surface area contributed by atoms with Crippen LogP contribution in [0.5, 0.6) is 11.5 Å². The number of nitrogens with zero attached hydrogens (tertiary/aromatic N) is 2. The summed E-state index contributed by atoms with van der Waals surface area (Å²) in [5.74, 6) is -0.167. The molecule has 0 aromatic heterocycles. The smallest absolute Gasteiger partial charge is 0.295 e. The third-order valence-corrected chi connectivity index (χ3v) is 6.77. The molecule has 7 nitrogen and oxygen atoms in total. The van der Waals surface area contributed by atoms with E-state index in [0.717, 1.165) is 27.9 Å². The number of likely N-dealkylation sites (tertiary alicyclic amines) is 1.